The minimum atomic E-state index is 0.233. The van der Waals surface area contributed by atoms with Crippen LogP contribution in [0.5, 0.6) is 0 Å². The lowest BCUT2D eigenvalue weighted by Crippen LogP contribution is -2.24. The van der Waals surface area contributed by atoms with Gasteiger partial charge in [0.15, 0.2) is 11.8 Å². The van der Waals surface area contributed by atoms with Gasteiger partial charge in [-0.25, -0.2) is 0 Å². The molecule has 0 fully saturated rings. The third kappa shape index (κ3) is 2.67. The van der Waals surface area contributed by atoms with E-state index in [9.17, 15) is 0 Å². The molecule has 0 aliphatic rings. The van der Waals surface area contributed by atoms with E-state index in [2.05, 4.69) is 94.4 Å². The SMILES string of the molecule is Cc1cc2cc(CC(C)(C)C)cc3oc4cc5c(cc[n+]5C)n(C)c4c(c1C)c23. The number of hydrogen-bond donors (Lipinski definition) is 0. The number of nitrogens with zero attached hydrogens (tertiary/aromatic N) is 2. The van der Waals surface area contributed by atoms with Crippen molar-refractivity contribution in [3.05, 3.63) is 53.2 Å². The van der Waals surface area contributed by atoms with Gasteiger partial charge in [-0.05, 0) is 53.8 Å². The number of rotatable bonds is 1. The average molecular weight is 386 g/mol. The van der Waals surface area contributed by atoms with Crippen LogP contribution in [0.25, 0.3) is 43.9 Å². The molecule has 148 valence electrons. The molecule has 0 aliphatic carbocycles. The number of aryl methyl sites for hydroxylation is 4. The molecule has 0 aliphatic heterocycles. The molecular weight excluding hydrogens is 356 g/mol. The number of benzene rings is 2. The topological polar surface area (TPSA) is 21.9 Å². The smallest absolute Gasteiger partial charge is 0.232 e. The van der Waals surface area contributed by atoms with Gasteiger partial charge in [-0.1, -0.05) is 32.9 Å². The van der Waals surface area contributed by atoms with Crippen LogP contribution in [0.2, 0.25) is 0 Å². The highest BCUT2D eigenvalue weighted by atomic mass is 16.3. The molecule has 0 N–H and O–H groups in total. The highest BCUT2D eigenvalue weighted by Crippen LogP contribution is 2.39. The lowest BCUT2D eigenvalue weighted by atomic mass is 9.86. The second-order valence-corrected chi connectivity index (χ2v) is 9.84. The van der Waals surface area contributed by atoms with Crippen LogP contribution in [0.15, 0.2) is 40.9 Å². The first-order valence-electron chi connectivity index (χ1n) is 10.4. The summed E-state index contributed by atoms with van der Waals surface area (Å²) in [7, 11) is 4.24. The summed E-state index contributed by atoms with van der Waals surface area (Å²) >= 11 is 0. The minimum Gasteiger partial charge on any atom is -0.454 e. The van der Waals surface area contributed by atoms with Gasteiger partial charge in [-0.3, -0.25) is 0 Å². The number of hydrogen-bond acceptors (Lipinski definition) is 1. The molecule has 3 heteroatoms. The van der Waals surface area contributed by atoms with E-state index in [0.29, 0.717) is 0 Å². The van der Waals surface area contributed by atoms with E-state index >= 15 is 0 Å². The van der Waals surface area contributed by atoms with Gasteiger partial charge in [-0.15, -0.1) is 0 Å². The highest BCUT2D eigenvalue weighted by molar-refractivity contribution is 6.19. The quantitative estimate of drug-likeness (QED) is 0.190. The molecule has 0 bridgehead atoms. The molecular formula is C26H29N2O+. The Morgan fingerprint density at radius 2 is 1.76 bits per heavy atom. The van der Waals surface area contributed by atoms with Crippen LogP contribution < -0.4 is 4.57 Å². The van der Waals surface area contributed by atoms with Crippen molar-refractivity contribution in [1.82, 2.24) is 4.57 Å². The molecule has 5 rings (SSSR count). The van der Waals surface area contributed by atoms with Crippen LogP contribution in [-0.2, 0) is 20.5 Å². The summed E-state index contributed by atoms with van der Waals surface area (Å²) in [4.78, 5) is 0. The molecule has 3 nitrogen and oxygen atoms in total. The zero-order valence-electron chi connectivity index (χ0n) is 18.5. The Morgan fingerprint density at radius 3 is 2.48 bits per heavy atom. The summed E-state index contributed by atoms with van der Waals surface area (Å²) in [5, 5.41) is 3.83. The largest absolute Gasteiger partial charge is 0.454 e. The Morgan fingerprint density at radius 1 is 1.00 bits per heavy atom. The highest BCUT2D eigenvalue weighted by Gasteiger charge is 2.21. The van der Waals surface area contributed by atoms with Crippen molar-refractivity contribution in [2.45, 2.75) is 41.0 Å². The van der Waals surface area contributed by atoms with Crippen molar-refractivity contribution < 1.29 is 8.98 Å². The molecule has 0 spiro atoms. The van der Waals surface area contributed by atoms with E-state index < -0.39 is 0 Å². The van der Waals surface area contributed by atoms with Crippen molar-refractivity contribution in [3.63, 3.8) is 0 Å². The van der Waals surface area contributed by atoms with Gasteiger partial charge in [0.1, 0.15) is 18.1 Å². The predicted octanol–water partition coefficient (Wildman–Crippen LogP) is 6.26. The van der Waals surface area contributed by atoms with E-state index in [1.807, 2.05) is 0 Å². The van der Waals surface area contributed by atoms with Gasteiger partial charge in [0.2, 0.25) is 5.52 Å². The molecule has 0 saturated carbocycles. The van der Waals surface area contributed by atoms with E-state index in [-0.39, 0.29) is 5.41 Å². The minimum absolute atomic E-state index is 0.233. The first kappa shape index (κ1) is 18.2. The summed E-state index contributed by atoms with van der Waals surface area (Å²) in [6.07, 6.45) is 3.14. The number of pyridine rings is 1. The molecule has 5 aromatic rings. The van der Waals surface area contributed by atoms with Gasteiger partial charge < -0.3 is 8.98 Å². The van der Waals surface area contributed by atoms with Crippen LogP contribution in [0.4, 0.5) is 0 Å². The summed E-state index contributed by atoms with van der Waals surface area (Å²) in [6.45, 7) is 11.3. The summed E-state index contributed by atoms with van der Waals surface area (Å²) in [5.74, 6) is 0. The fourth-order valence-corrected chi connectivity index (χ4v) is 4.85. The summed E-state index contributed by atoms with van der Waals surface area (Å²) < 4.78 is 11.0. The Kier molecular flexibility index (Phi) is 3.68. The Labute approximate surface area is 171 Å². The number of fused-ring (bicyclic) bond motifs is 3. The molecule has 3 heterocycles. The molecule has 29 heavy (non-hydrogen) atoms. The summed E-state index contributed by atoms with van der Waals surface area (Å²) in [5.41, 5.74) is 9.73. The third-order valence-corrected chi connectivity index (χ3v) is 6.27. The molecule has 0 radical (unpaired) electrons. The van der Waals surface area contributed by atoms with E-state index in [1.165, 1.54) is 49.4 Å². The van der Waals surface area contributed by atoms with Crippen molar-refractivity contribution in [1.29, 1.82) is 0 Å². The first-order chi connectivity index (χ1) is 13.6. The van der Waals surface area contributed by atoms with Gasteiger partial charge >= 0.3 is 0 Å². The number of aromatic nitrogens is 2. The second-order valence-electron chi connectivity index (χ2n) is 9.84. The van der Waals surface area contributed by atoms with Gasteiger partial charge in [0.05, 0.1) is 11.6 Å². The van der Waals surface area contributed by atoms with Crippen LogP contribution in [0.1, 0.15) is 37.5 Å². The van der Waals surface area contributed by atoms with E-state index in [1.54, 1.807) is 0 Å². The zero-order valence-corrected chi connectivity index (χ0v) is 18.5. The molecule has 0 amide bonds. The fourth-order valence-electron chi connectivity index (χ4n) is 4.85. The maximum atomic E-state index is 6.58. The molecule has 0 atom stereocenters. The van der Waals surface area contributed by atoms with Crippen molar-refractivity contribution in [3.8, 4) is 0 Å². The van der Waals surface area contributed by atoms with Crippen molar-refractivity contribution >= 4 is 43.9 Å². The maximum absolute atomic E-state index is 6.58. The van der Waals surface area contributed by atoms with Crippen LogP contribution in [-0.4, -0.2) is 4.57 Å². The monoisotopic (exact) mass is 385 g/mol. The Bertz CT molecular complexity index is 1440. The van der Waals surface area contributed by atoms with Crippen LogP contribution >= 0.6 is 0 Å². The van der Waals surface area contributed by atoms with Gasteiger partial charge in [-0.2, -0.15) is 4.57 Å². The van der Waals surface area contributed by atoms with Gasteiger partial charge in [0.25, 0.3) is 0 Å². The Hall–Kier alpha value is -2.81. The predicted molar refractivity (Wildman–Crippen MR) is 122 cm³/mol. The molecule has 3 aromatic heterocycles. The third-order valence-electron chi connectivity index (χ3n) is 6.27. The van der Waals surface area contributed by atoms with Crippen LogP contribution in [0.3, 0.4) is 0 Å². The molecule has 0 unspecified atom stereocenters. The zero-order chi connectivity index (χ0) is 20.7. The van der Waals surface area contributed by atoms with E-state index in [0.717, 1.165) is 17.6 Å². The lowest BCUT2D eigenvalue weighted by molar-refractivity contribution is -0.642. The van der Waals surface area contributed by atoms with Gasteiger partial charge in [0, 0.05) is 23.9 Å². The molecule has 0 saturated heterocycles. The fraction of sp³-hybridized carbons (Fsp3) is 0.346. The van der Waals surface area contributed by atoms with Crippen molar-refractivity contribution in [2.24, 2.45) is 19.5 Å². The van der Waals surface area contributed by atoms with Crippen molar-refractivity contribution in [2.75, 3.05) is 0 Å². The standard InChI is InChI=1S/C26H29N2O/c1-15-10-18-11-17(14-26(3,4)5)12-21-24(18)23(16(15)2)25-22(29-21)13-20-19(28(25)7)8-9-27(20)6/h8-13H,14H2,1-7H3/q+1. The second kappa shape index (κ2) is 5.85. The maximum Gasteiger partial charge on any atom is 0.232 e. The van der Waals surface area contributed by atoms with E-state index in [4.69, 9.17) is 4.42 Å². The first-order valence-corrected chi connectivity index (χ1v) is 10.4. The molecule has 2 aromatic carbocycles. The van der Waals surface area contributed by atoms with Crippen LogP contribution in [0, 0.1) is 19.3 Å². The normalized spacial score (nSPS) is 12.8. The Balaban J connectivity index is 2.01. The summed E-state index contributed by atoms with van der Waals surface area (Å²) in [6, 6.07) is 11.3. The average Bonchev–Trinajstić information content (AvgIpc) is 2.98. The lowest BCUT2D eigenvalue weighted by Gasteiger charge is -2.20.